The number of rotatable bonds is 6. The van der Waals surface area contributed by atoms with Crippen LogP contribution in [0.5, 0.6) is 0 Å². The summed E-state index contributed by atoms with van der Waals surface area (Å²) in [4.78, 5) is 37.1. The van der Waals surface area contributed by atoms with Crippen LogP contribution in [0.3, 0.4) is 0 Å². The van der Waals surface area contributed by atoms with Crippen molar-refractivity contribution in [3.63, 3.8) is 0 Å². The molecule has 0 radical (unpaired) electrons. The summed E-state index contributed by atoms with van der Waals surface area (Å²) in [5, 5.41) is 5.25. The number of hydrogen-bond acceptors (Lipinski definition) is 5. The van der Waals surface area contributed by atoms with E-state index in [1.807, 2.05) is 13.8 Å². The topological polar surface area (TPSA) is 113 Å². The van der Waals surface area contributed by atoms with Crippen molar-refractivity contribution >= 4 is 33.4 Å². The number of nitrogens with zero attached hydrogens (tertiary/aromatic N) is 1. The Bertz CT molecular complexity index is 1220. The van der Waals surface area contributed by atoms with E-state index in [4.69, 9.17) is 0 Å². The van der Waals surface area contributed by atoms with Gasteiger partial charge in [-0.2, -0.15) is 4.31 Å². The molecule has 0 aromatic heterocycles. The normalized spacial score (nSPS) is 23.5. The quantitative estimate of drug-likeness (QED) is 0.593. The molecule has 2 aromatic carbocycles. The van der Waals surface area contributed by atoms with Crippen LogP contribution in [0.15, 0.2) is 53.4 Å². The first-order chi connectivity index (χ1) is 16.7. The van der Waals surface area contributed by atoms with Crippen LogP contribution in [0.4, 0.5) is 5.69 Å². The van der Waals surface area contributed by atoms with E-state index in [0.29, 0.717) is 37.1 Å². The van der Waals surface area contributed by atoms with E-state index in [2.05, 4.69) is 10.6 Å². The zero-order chi connectivity index (χ0) is 25.2. The molecule has 2 unspecified atom stereocenters. The van der Waals surface area contributed by atoms with Crippen molar-refractivity contribution in [2.75, 3.05) is 11.9 Å². The predicted octanol–water partition coefficient (Wildman–Crippen LogP) is 3.59. The molecule has 9 heteroatoms. The zero-order valence-electron chi connectivity index (χ0n) is 20.0. The molecule has 2 saturated heterocycles. The van der Waals surface area contributed by atoms with E-state index >= 15 is 0 Å². The van der Waals surface area contributed by atoms with E-state index in [9.17, 15) is 22.8 Å². The van der Waals surface area contributed by atoms with Gasteiger partial charge in [0.25, 0.3) is 5.91 Å². The molecule has 0 aliphatic carbocycles. The highest BCUT2D eigenvalue weighted by atomic mass is 32.2. The van der Waals surface area contributed by atoms with E-state index in [1.165, 1.54) is 24.3 Å². The summed E-state index contributed by atoms with van der Waals surface area (Å²) >= 11 is 0. The fourth-order valence-electron chi connectivity index (χ4n) is 4.98. The summed E-state index contributed by atoms with van der Waals surface area (Å²) < 4.78 is 27.5. The minimum absolute atomic E-state index is 0.0354. The maximum Gasteiger partial charge on any atom is 0.255 e. The van der Waals surface area contributed by atoms with Gasteiger partial charge in [0.15, 0.2) is 0 Å². The van der Waals surface area contributed by atoms with Crippen LogP contribution in [0.25, 0.3) is 0 Å². The van der Waals surface area contributed by atoms with Crippen LogP contribution >= 0.6 is 0 Å². The average Bonchev–Trinajstić information content (AvgIpc) is 2.85. The molecule has 0 spiro atoms. The molecule has 186 valence electrons. The molecule has 2 aliphatic heterocycles. The predicted molar refractivity (Wildman–Crippen MR) is 132 cm³/mol. The number of piperidine rings is 2. The average molecular weight is 498 g/mol. The standard InChI is InChI=1S/C26H31N3O5S/c1-3-26(16-15-23(30)28-25(26)32)20-9-11-21(12-10-20)27-24(31)19-7-13-22(14-8-19)35(33,34)29-17-5-4-6-18(29)2/h7-14,18H,3-6,15-17H2,1-2H3,(H,27,31)(H,28,30,32). The van der Waals surface area contributed by atoms with Gasteiger partial charge in [-0.3, -0.25) is 19.7 Å². The van der Waals surface area contributed by atoms with Crippen molar-refractivity contribution in [2.45, 2.75) is 68.7 Å². The molecule has 3 amide bonds. The molecule has 35 heavy (non-hydrogen) atoms. The summed E-state index contributed by atoms with van der Waals surface area (Å²) in [6.45, 7) is 4.35. The van der Waals surface area contributed by atoms with Gasteiger partial charge in [0.2, 0.25) is 21.8 Å². The molecule has 0 bridgehead atoms. The van der Waals surface area contributed by atoms with Crippen LogP contribution in [0.1, 0.15) is 68.3 Å². The van der Waals surface area contributed by atoms with Gasteiger partial charge in [0.1, 0.15) is 0 Å². The fourth-order valence-corrected chi connectivity index (χ4v) is 6.68. The Hall–Kier alpha value is -3.04. The number of nitrogens with one attached hydrogen (secondary N) is 2. The number of hydrogen-bond donors (Lipinski definition) is 2. The van der Waals surface area contributed by atoms with Crippen LogP contribution in [-0.4, -0.2) is 43.0 Å². The third kappa shape index (κ3) is 4.88. The van der Waals surface area contributed by atoms with Gasteiger partial charge in [-0.15, -0.1) is 0 Å². The number of amides is 3. The minimum atomic E-state index is -3.60. The highest BCUT2D eigenvalue weighted by molar-refractivity contribution is 7.89. The van der Waals surface area contributed by atoms with Crippen molar-refractivity contribution in [2.24, 2.45) is 0 Å². The Kier molecular flexibility index (Phi) is 7.10. The summed E-state index contributed by atoms with van der Waals surface area (Å²) in [7, 11) is -3.60. The van der Waals surface area contributed by atoms with E-state index < -0.39 is 15.4 Å². The largest absolute Gasteiger partial charge is 0.322 e. The van der Waals surface area contributed by atoms with Crippen molar-refractivity contribution < 1.29 is 22.8 Å². The van der Waals surface area contributed by atoms with E-state index in [0.717, 1.165) is 24.8 Å². The lowest BCUT2D eigenvalue weighted by atomic mass is 9.72. The van der Waals surface area contributed by atoms with Crippen LogP contribution in [-0.2, 0) is 25.0 Å². The second-order valence-electron chi connectivity index (χ2n) is 9.33. The molecule has 2 fully saturated rings. The van der Waals surface area contributed by atoms with Crippen LogP contribution in [0.2, 0.25) is 0 Å². The Morgan fingerprint density at radius 1 is 1.09 bits per heavy atom. The maximum atomic E-state index is 13.0. The highest BCUT2D eigenvalue weighted by Gasteiger charge is 2.42. The zero-order valence-corrected chi connectivity index (χ0v) is 20.9. The lowest BCUT2D eigenvalue weighted by Gasteiger charge is -2.35. The van der Waals surface area contributed by atoms with Crippen molar-refractivity contribution in [3.05, 3.63) is 59.7 Å². The smallest absolute Gasteiger partial charge is 0.255 e. The molecule has 2 heterocycles. The first kappa shape index (κ1) is 25.1. The van der Waals surface area contributed by atoms with Gasteiger partial charge in [0, 0.05) is 30.3 Å². The number of sulfonamides is 1. The molecule has 4 rings (SSSR count). The summed E-state index contributed by atoms with van der Waals surface area (Å²) in [5.41, 5.74) is 0.930. The monoisotopic (exact) mass is 497 g/mol. The van der Waals surface area contributed by atoms with Crippen molar-refractivity contribution in [1.29, 1.82) is 0 Å². The van der Waals surface area contributed by atoms with Gasteiger partial charge in [-0.05, 0) is 74.6 Å². The molecular formula is C26H31N3O5S. The lowest BCUT2D eigenvalue weighted by Crippen LogP contribution is -2.51. The van der Waals surface area contributed by atoms with E-state index in [1.54, 1.807) is 28.6 Å². The molecular weight excluding hydrogens is 466 g/mol. The Morgan fingerprint density at radius 2 is 1.77 bits per heavy atom. The van der Waals surface area contributed by atoms with Gasteiger partial charge >= 0.3 is 0 Å². The first-order valence-corrected chi connectivity index (χ1v) is 13.5. The second-order valence-corrected chi connectivity index (χ2v) is 11.2. The molecule has 8 nitrogen and oxygen atoms in total. The summed E-state index contributed by atoms with van der Waals surface area (Å²) in [5.74, 6) is -0.909. The molecule has 2 atom stereocenters. The van der Waals surface area contributed by atoms with Gasteiger partial charge in [-0.1, -0.05) is 25.5 Å². The van der Waals surface area contributed by atoms with Gasteiger partial charge in [0.05, 0.1) is 10.3 Å². The molecule has 2 aliphatic rings. The van der Waals surface area contributed by atoms with Gasteiger partial charge in [-0.25, -0.2) is 8.42 Å². The molecule has 2 N–H and O–H groups in total. The van der Waals surface area contributed by atoms with Crippen LogP contribution < -0.4 is 10.6 Å². The Labute approximate surface area is 206 Å². The lowest BCUT2D eigenvalue weighted by molar-refractivity contribution is -0.138. The van der Waals surface area contributed by atoms with Crippen LogP contribution in [0, 0.1) is 0 Å². The van der Waals surface area contributed by atoms with Crippen molar-refractivity contribution in [1.82, 2.24) is 9.62 Å². The summed E-state index contributed by atoms with van der Waals surface area (Å²) in [6.07, 6.45) is 4.03. The molecule has 0 saturated carbocycles. The first-order valence-electron chi connectivity index (χ1n) is 12.1. The maximum absolute atomic E-state index is 13.0. The Morgan fingerprint density at radius 3 is 2.37 bits per heavy atom. The number of carbonyl (C=O) groups is 3. The minimum Gasteiger partial charge on any atom is -0.322 e. The van der Waals surface area contributed by atoms with Gasteiger partial charge < -0.3 is 5.32 Å². The Balaban J connectivity index is 1.45. The highest BCUT2D eigenvalue weighted by Crippen LogP contribution is 2.36. The summed E-state index contributed by atoms with van der Waals surface area (Å²) in [6, 6.07) is 13.0. The number of carbonyl (C=O) groups excluding carboxylic acids is 3. The number of anilines is 1. The molecule has 2 aromatic rings. The third-order valence-electron chi connectivity index (χ3n) is 7.23. The number of benzene rings is 2. The van der Waals surface area contributed by atoms with Crippen molar-refractivity contribution in [3.8, 4) is 0 Å². The number of imide groups is 1. The third-order valence-corrected chi connectivity index (χ3v) is 9.26. The fraction of sp³-hybridized carbons (Fsp3) is 0.423. The second kappa shape index (κ2) is 9.91. The van der Waals surface area contributed by atoms with E-state index in [-0.39, 0.29) is 28.7 Å². The SMILES string of the molecule is CCC1(c2ccc(NC(=O)c3ccc(S(=O)(=O)N4CCCCC4C)cc3)cc2)CCC(=O)NC1=O.